The van der Waals surface area contributed by atoms with E-state index in [-0.39, 0.29) is 11.6 Å². The van der Waals surface area contributed by atoms with Gasteiger partial charge in [0.2, 0.25) is 0 Å². The molecule has 2 aromatic heterocycles. The molecule has 192 valence electrons. The Morgan fingerprint density at radius 3 is 2.23 bits per heavy atom. The molecular weight excluding hydrogens is 514 g/mol. The minimum atomic E-state index is -1.03. The molecule has 0 atom stereocenters. The van der Waals surface area contributed by atoms with Crippen LogP contribution in [-0.4, -0.2) is 36.3 Å². The van der Waals surface area contributed by atoms with Crippen LogP contribution in [0.1, 0.15) is 28.5 Å². The van der Waals surface area contributed by atoms with Crippen molar-refractivity contribution in [1.82, 2.24) is 19.3 Å². The summed E-state index contributed by atoms with van der Waals surface area (Å²) in [5.74, 6) is -1.28. The van der Waals surface area contributed by atoms with E-state index in [1.54, 1.807) is 36.4 Å². The van der Waals surface area contributed by atoms with E-state index in [4.69, 9.17) is 11.6 Å². The number of aromatic carboxylic acids is 1. The Hall–Kier alpha value is -4.95. The van der Waals surface area contributed by atoms with Gasteiger partial charge in [0.1, 0.15) is 18.3 Å². The van der Waals surface area contributed by atoms with Gasteiger partial charge in [-0.25, -0.2) is 14.5 Å². The molecule has 0 fully saturated rings. The lowest BCUT2D eigenvalue weighted by Crippen LogP contribution is -2.05. The van der Waals surface area contributed by atoms with Crippen LogP contribution in [0.5, 0.6) is 0 Å². The van der Waals surface area contributed by atoms with Crippen molar-refractivity contribution in [1.29, 1.82) is 0 Å². The van der Waals surface area contributed by atoms with Crippen LogP contribution in [0.15, 0.2) is 85.6 Å². The van der Waals surface area contributed by atoms with Crippen molar-refractivity contribution in [2.45, 2.75) is 6.92 Å². The van der Waals surface area contributed by atoms with Crippen molar-refractivity contribution in [3.05, 3.63) is 107 Å². The van der Waals surface area contributed by atoms with Gasteiger partial charge < -0.3 is 15.0 Å². The number of carbonyl (C=O) groups excluding carboxylic acids is 1. The Balaban J connectivity index is 1.35. The minimum absolute atomic E-state index is 0.147. The Kier molecular flexibility index (Phi) is 5.89. The summed E-state index contributed by atoms with van der Waals surface area (Å²) >= 11 is 6.67. The summed E-state index contributed by atoms with van der Waals surface area (Å²) in [4.78, 5) is 28.5. The number of carbonyl (C=O) groups is 2. The number of halogens is 1. The fraction of sp³-hybridized carbons (Fsp3) is 0.0667. The molecule has 1 aliphatic rings. The van der Waals surface area contributed by atoms with Gasteiger partial charge in [-0.15, -0.1) is 0 Å². The van der Waals surface area contributed by atoms with Gasteiger partial charge in [0.25, 0.3) is 5.91 Å². The monoisotopic (exact) mass is 535 g/mol. The average molecular weight is 536 g/mol. The van der Waals surface area contributed by atoms with Crippen LogP contribution >= 0.6 is 11.6 Å². The third-order valence-electron chi connectivity index (χ3n) is 6.96. The van der Waals surface area contributed by atoms with Crippen LogP contribution in [0.3, 0.4) is 0 Å². The average Bonchev–Trinajstić information content (AvgIpc) is 3.67. The zero-order valence-corrected chi connectivity index (χ0v) is 21.8. The third kappa shape index (κ3) is 4.30. The molecule has 2 N–H and O–H groups in total. The largest absolute Gasteiger partial charge is 0.477 e. The Bertz CT molecular complexity index is 1780. The number of benzene rings is 3. The molecule has 8 nitrogen and oxygen atoms in total. The predicted octanol–water partition coefficient (Wildman–Crippen LogP) is 6.17. The first-order chi connectivity index (χ1) is 18.8. The Morgan fingerprint density at radius 2 is 1.62 bits per heavy atom. The number of anilines is 1. The molecule has 1 amide bonds. The normalized spacial score (nSPS) is 13.8. The molecule has 39 heavy (non-hydrogen) atoms. The summed E-state index contributed by atoms with van der Waals surface area (Å²) in [6.45, 7) is 1.82. The first-order valence-electron chi connectivity index (χ1n) is 12.1. The predicted molar refractivity (Wildman–Crippen MR) is 151 cm³/mol. The molecule has 0 unspecified atom stereocenters. The third-order valence-corrected chi connectivity index (χ3v) is 7.28. The van der Waals surface area contributed by atoms with Gasteiger partial charge in [-0.2, -0.15) is 5.10 Å². The van der Waals surface area contributed by atoms with E-state index in [2.05, 4.69) is 15.4 Å². The first kappa shape index (κ1) is 24.4. The molecule has 5 aromatic rings. The number of aryl methyl sites for hydroxylation is 1. The van der Waals surface area contributed by atoms with E-state index in [0.717, 1.165) is 33.5 Å². The summed E-state index contributed by atoms with van der Waals surface area (Å²) in [5.41, 5.74) is 8.10. The summed E-state index contributed by atoms with van der Waals surface area (Å²) in [6.07, 6.45) is 4.87. The quantitative estimate of drug-likeness (QED) is 0.262. The Labute approximate surface area is 228 Å². The molecule has 6 rings (SSSR count). The number of rotatable bonds is 5. The van der Waals surface area contributed by atoms with E-state index in [9.17, 15) is 14.7 Å². The molecule has 0 saturated heterocycles. The van der Waals surface area contributed by atoms with Gasteiger partial charge in [0.05, 0.1) is 22.0 Å². The maximum Gasteiger partial charge on any atom is 0.352 e. The highest BCUT2D eigenvalue weighted by Crippen LogP contribution is 2.42. The second-order valence-electron chi connectivity index (χ2n) is 9.33. The lowest BCUT2D eigenvalue weighted by molar-refractivity contribution is -0.110. The van der Waals surface area contributed by atoms with Crippen LogP contribution < -0.4 is 5.32 Å². The van der Waals surface area contributed by atoms with Gasteiger partial charge >= 0.3 is 5.97 Å². The van der Waals surface area contributed by atoms with Gasteiger partial charge in [-0.05, 0) is 65.1 Å². The molecule has 3 heterocycles. The van der Waals surface area contributed by atoms with E-state index in [1.165, 1.54) is 10.9 Å². The summed E-state index contributed by atoms with van der Waals surface area (Å²) in [6, 6.07) is 21.4. The summed E-state index contributed by atoms with van der Waals surface area (Å²) in [7, 11) is 1.67. The van der Waals surface area contributed by atoms with Crippen molar-refractivity contribution in [3.63, 3.8) is 0 Å². The minimum Gasteiger partial charge on any atom is -0.477 e. The highest BCUT2D eigenvalue weighted by molar-refractivity contribution is 6.39. The van der Waals surface area contributed by atoms with Gasteiger partial charge in [0.15, 0.2) is 0 Å². The van der Waals surface area contributed by atoms with E-state index in [0.29, 0.717) is 27.4 Å². The fourth-order valence-electron chi connectivity index (χ4n) is 4.90. The lowest BCUT2D eigenvalue weighted by Gasteiger charge is -2.11. The zero-order valence-electron chi connectivity index (χ0n) is 21.0. The zero-order chi connectivity index (χ0) is 27.3. The van der Waals surface area contributed by atoms with E-state index < -0.39 is 5.97 Å². The topological polar surface area (TPSA) is 102 Å². The van der Waals surface area contributed by atoms with Gasteiger partial charge in [-0.1, -0.05) is 48.0 Å². The highest BCUT2D eigenvalue weighted by Gasteiger charge is 2.29. The number of hydrogen-bond donors (Lipinski definition) is 2. The maximum atomic E-state index is 13.0. The molecule has 0 radical (unpaired) electrons. The smallest absolute Gasteiger partial charge is 0.352 e. The molecule has 1 aliphatic heterocycles. The second-order valence-corrected chi connectivity index (χ2v) is 9.73. The van der Waals surface area contributed by atoms with E-state index >= 15 is 0 Å². The van der Waals surface area contributed by atoms with Crippen LogP contribution in [0.25, 0.3) is 39.1 Å². The highest BCUT2D eigenvalue weighted by atomic mass is 35.5. The van der Waals surface area contributed by atoms with Gasteiger partial charge in [-0.3, -0.25) is 4.79 Å². The number of hydrogen-bond acceptors (Lipinski definition) is 4. The number of carboxylic acid groups (broad SMARTS) is 1. The number of nitrogens with one attached hydrogen (secondary N) is 1. The fourth-order valence-corrected chi connectivity index (χ4v) is 5.17. The van der Waals surface area contributed by atoms with Crippen molar-refractivity contribution in [3.8, 4) is 27.9 Å². The SMILES string of the molecule is C/C(=C1/C(=O)Nc2cc(Cl)c(-c3ccc(-c4ccc(-n5cncn5)cc4)cc3)cc21)c1cc(C(=O)O)n(C)c1. The number of carboxylic acids is 1. The molecule has 9 heteroatoms. The second kappa shape index (κ2) is 9.41. The van der Waals surface area contributed by atoms with Crippen LogP contribution in [0, 0.1) is 0 Å². The van der Waals surface area contributed by atoms with Crippen LogP contribution in [-0.2, 0) is 11.8 Å². The molecular formula is C30H22ClN5O3. The summed E-state index contributed by atoms with van der Waals surface area (Å²) in [5, 5.41) is 17.0. The molecule has 0 spiro atoms. The molecule has 0 bridgehead atoms. The van der Waals surface area contributed by atoms with Crippen molar-refractivity contribution in [2.75, 3.05) is 5.32 Å². The number of nitrogens with zero attached hydrogens (tertiary/aromatic N) is 4. The maximum absolute atomic E-state index is 13.0. The standard InChI is InChI=1S/C30H22ClN5O3/c1-17(21-11-27(30(38)39)35(2)14-21)28-24-12-23(25(31)13-26(24)34-29(28)37)20-5-3-18(4-6-20)19-7-9-22(10-8-19)36-16-32-15-33-36/h3-16H,1-2H3,(H,34,37)(H,38,39)/b28-17-. The lowest BCUT2D eigenvalue weighted by atomic mass is 9.94. The first-order valence-corrected chi connectivity index (χ1v) is 12.5. The van der Waals surface area contributed by atoms with Crippen molar-refractivity contribution < 1.29 is 14.7 Å². The van der Waals surface area contributed by atoms with Crippen LogP contribution in [0.4, 0.5) is 5.69 Å². The summed E-state index contributed by atoms with van der Waals surface area (Å²) < 4.78 is 3.24. The number of aromatic nitrogens is 4. The van der Waals surface area contributed by atoms with Crippen molar-refractivity contribution in [2.24, 2.45) is 7.05 Å². The van der Waals surface area contributed by atoms with Crippen molar-refractivity contribution >= 4 is 40.3 Å². The van der Waals surface area contributed by atoms with Crippen LogP contribution in [0.2, 0.25) is 5.02 Å². The Morgan fingerprint density at radius 1 is 0.949 bits per heavy atom. The van der Waals surface area contributed by atoms with Gasteiger partial charge in [0, 0.05) is 24.4 Å². The van der Waals surface area contributed by atoms with E-state index in [1.807, 2.05) is 61.5 Å². The molecule has 3 aromatic carbocycles. The molecule has 0 saturated carbocycles. The number of allylic oxidation sites excluding steroid dienone is 1. The number of amides is 1. The number of fused-ring (bicyclic) bond motifs is 1. The molecule has 0 aliphatic carbocycles.